The van der Waals surface area contributed by atoms with Crippen LogP contribution in [0.2, 0.25) is 0 Å². The van der Waals surface area contributed by atoms with Crippen LogP contribution in [0, 0.1) is 40.4 Å². The summed E-state index contributed by atoms with van der Waals surface area (Å²) in [4.78, 5) is 13.7. The first-order valence-corrected chi connectivity index (χ1v) is 12.0. The second kappa shape index (κ2) is 6.72. The lowest BCUT2D eigenvalue weighted by Gasteiger charge is -2.61. The van der Waals surface area contributed by atoms with Crippen LogP contribution in [0.3, 0.4) is 0 Å². The van der Waals surface area contributed by atoms with E-state index in [1.165, 1.54) is 0 Å². The standard InChI is InChI=1S/C24H37FO6/c1-12-8-13(16(28)10-26)9-24-20(31-24)19(30)18-14-5-7-23(25,17(29)11-27)21(14,2)6-4-15(18)22(12,24)3/h12-18,20,26-29H,4-11H2,1-3H3/t12?,13?,14-,15+,16?,17?,18-,20?,21-,22+,23?,24?/m0/s1. The summed E-state index contributed by atoms with van der Waals surface area (Å²) in [6, 6.07) is 0. The minimum Gasteiger partial charge on any atom is -0.394 e. The zero-order chi connectivity index (χ0) is 22.6. The van der Waals surface area contributed by atoms with Gasteiger partial charge in [-0.2, -0.15) is 0 Å². The van der Waals surface area contributed by atoms with Crippen molar-refractivity contribution in [1.29, 1.82) is 0 Å². The normalized spacial score (nSPS) is 57.4. The lowest BCUT2D eigenvalue weighted by molar-refractivity contribution is -0.177. The van der Waals surface area contributed by atoms with E-state index in [1.54, 1.807) is 0 Å². The highest BCUT2D eigenvalue weighted by Gasteiger charge is 2.81. The number of hydrogen-bond acceptors (Lipinski definition) is 6. The Morgan fingerprint density at radius 3 is 2.45 bits per heavy atom. The minimum absolute atomic E-state index is 0.0625. The molecule has 31 heavy (non-hydrogen) atoms. The molecule has 5 aliphatic rings. The highest BCUT2D eigenvalue weighted by atomic mass is 19.1. The number of fused-ring (bicyclic) bond motifs is 4. The van der Waals surface area contributed by atoms with Crippen LogP contribution in [-0.4, -0.2) is 69.0 Å². The molecule has 0 amide bonds. The summed E-state index contributed by atoms with van der Waals surface area (Å²) in [6.45, 7) is 5.36. The SMILES string of the molecule is CC1CC(C(O)CO)CC23OC2C(=O)[C@@H]2[C@@H](CC[C@@]4(C)[C@H]2CCC4(F)C(O)CO)[C@@]13C. The topological polar surface area (TPSA) is 111 Å². The second-order valence-corrected chi connectivity index (χ2v) is 11.7. The van der Waals surface area contributed by atoms with E-state index >= 15 is 4.39 Å². The number of hydrogen-bond donors (Lipinski definition) is 4. The quantitative estimate of drug-likeness (QED) is 0.495. The lowest BCUT2D eigenvalue weighted by Crippen LogP contribution is -2.65. The summed E-state index contributed by atoms with van der Waals surface area (Å²) in [5.74, 6) is -0.227. The predicted octanol–water partition coefficient (Wildman–Crippen LogP) is 1.62. The van der Waals surface area contributed by atoms with Gasteiger partial charge in [-0.25, -0.2) is 4.39 Å². The number of rotatable bonds is 4. The van der Waals surface area contributed by atoms with Gasteiger partial charge in [0, 0.05) is 16.7 Å². The number of alkyl halides is 1. The van der Waals surface area contributed by atoms with Crippen LogP contribution in [0.25, 0.3) is 0 Å². The molecule has 7 heteroatoms. The Morgan fingerprint density at radius 2 is 1.81 bits per heavy atom. The molecule has 5 fully saturated rings. The Kier molecular flexibility index (Phi) is 4.81. The highest BCUT2D eigenvalue weighted by Crippen LogP contribution is 2.75. The third-order valence-corrected chi connectivity index (χ3v) is 11.1. The van der Waals surface area contributed by atoms with Gasteiger partial charge in [0.1, 0.15) is 23.5 Å². The van der Waals surface area contributed by atoms with Gasteiger partial charge in [0.15, 0.2) is 5.78 Å². The molecule has 5 rings (SSSR count). The number of Topliss-reactive ketones (excluding diaryl/α,β-unsaturated/α-hetero) is 1. The zero-order valence-corrected chi connectivity index (χ0v) is 18.8. The van der Waals surface area contributed by atoms with Crippen LogP contribution < -0.4 is 0 Å². The van der Waals surface area contributed by atoms with Crippen molar-refractivity contribution in [2.24, 2.45) is 40.4 Å². The van der Waals surface area contributed by atoms with Crippen LogP contribution in [0.5, 0.6) is 0 Å². The Bertz CT molecular complexity index is 777. The molecule has 0 aromatic carbocycles. The molecule has 1 aliphatic heterocycles. The number of aliphatic hydroxyl groups excluding tert-OH is 4. The van der Waals surface area contributed by atoms with Gasteiger partial charge >= 0.3 is 0 Å². The van der Waals surface area contributed by atoms with E-state index < -0.39 is 41.6 Å². The monoisotopic (exact) mass is 440 g/mol. The third kappa shape index (κ3) is 2.43. The van der Waals surface area contributed by atoms with Crippen LogP contribution >= 0.6 is 0 Å². The maximum absolute atomic E-state index is 16.1. The van der Waals surface area contributed by atoms with Gasteiger partial charge in [0.05, 0.1) is 19.3 Å². The van der Waals surface area contributed by atoms with E-state index in [9.17, 15) is 25.2 Å². The molecule has 0 radical (unpaired) electrons. The predicted molar refractivity (Wildman–Crippen MR) is 110 cm³/mol. The Balaban J connectivity index is 1.52. The van der Waals surface area contributed by atoms with E-state index in [0.717, 1.165) is 6.42 Å². The van der Waals surface area contributed by atoms with Crippen LogP contribution in [0.15, 0.2) is 0 Å². The van der Waals surface area contributed by atoms with E-state index in [4.69, 9.17) is 4.74 Å². The fraction of sp³-hybridized carbons (Fsp3) is 0.958. The highest BCUT2D eigenvalue weighted by molar-refractivity contribution is 5.92. The number of carbonyl (C=O) groups excluding carboxylic acids is 1. The van der Waals surface area contributed by atoms with Crippen LogP contribution in [-0.2, 0) is 9.53 Å². The zero-order valence-electron chi connectivity index (χ0n) is 18.8. The number of carbonyl (C=O) groups is 1. The Hall–Kier alpha value is -0.600. The van der Waals surface area contributed by atoms with E-state index in [-0.39, 0.29) is 53.8 Å². The van der Waals surface area contributed by atoms with Crippen molar-refractivity contribution < 1.29 is 34.3 Å². The minimum atomic E-state index is -1.88. The van der Waals surface area contributed by atoms with E-state index in [2.05, 4.69) is 13.8 Å². The molecule has 0 aromatic rings. The molecule has 4 N–H and O–H groups in total. The van der Waals surface area contributed by atoms with Gasteiger partial charge in [0.25, 0.3) is 0 Å². The summed E-state index contributed by atoms with van der Waals surface area (Å²) in [7, 11) is 0. The van der Waals surface area contributed by atoms with Crippen molar-refractivity contribution in [1.82, 2.24) is 0 Å². The van der Waals surface area contributed by atoms with Crippen LogP contribution in [0.4, 0.5) is 4.39 Å². The molecule has 12 atom stereocenters. The van der Waals surface area contributed by atoms with Crippen molar-refractivity contribution in [3.05, 3.63) is 0 Å². The van der Waals surface area contributed by atoms with Gasteiger partial charge in [-0.3, -0.25) is 4.79 Å². The van der Waals surface area contributed by atoms with Gasteiger partial charge in [-0.15, -0.1) is 0 Å². The fourth-order valence-corrected chi connectivity index (χ4v) is 9.06. The van der Waals surface area contributed by atoms with E-state index in [0.29, 0.717) is 25.7 Å². The van der Waals surface area contributed by atoms with Gasteiger partial charge in [-0.1, -0.05) is 20.8 Å². The summed E-state index contributed by atoms with van der Waals surface area (Å²) in [6.07, 6.45) is 0.556. The van der Waals surface area contributed by atoms with Crippen molar-refractivity contribution >= 4 is 5.78 Å². The Morgan fingerprint density at radius 1 is 1.13 bits per heavy atom. The second-order valence-electron chi connectivity index (χ2n) is 11.7. The average Bonchev–Trinajstić information content (AvgIpc) is 3.42. The van der Waals surface area contributed by atoms with Crippen LogP contribution in [0.1, 0.15) is 59.3 Å². The molecule has 6 nitrogen and oxygen atoms in total. The van der Waals surface area contributed by atoms with Crippen molar-refractivity contribution in [2.45, 2.75) is 88.9 Å². The smallest absolute Gasteiger partial charge is 0.168 e. The third-order valence-electron chi connectivity index (χ3n) is 11.1. The average molecular weight is 441 g/mol. The van der Waals surface area contributed by atoms with Gasteiger partial charge < -0.3 is 25.2 Å². The maximum atomic E-state index is 16.1. The van der Waals surface area contributed by atoms with Gasteiger partial charge in [-0.05, 0) is 62.2 Å². The maximum Gasteiger partial charge on any atom is 0.168 e. The molecular formula is C24H37FO6. The first-order chi connectivity index (χ1) is 14.5. The molecule has 0 bridgehead atoms. The van der Waals surface area contributed by atoms with E-state index in [1.807, 2.05) is 6.92 Å². The van der Waals surface area contributed by atoms with Crippen molar-refractivity contribution in [2.75, 3.05) is 13.2 Å². The molecular weight excluding hydrogens is 403 g/mol. The number of epoxide rings is 1. The molecule has 1 spiro atoms. The summed E-state index contributed by atoms with van der Waals surface area (Å²) in [5.41, 5.74) is -3.56. The van der Waals surface area contributed by atoms with Crippen molar-refractivity contribution in [3.8, 4) is 0 Å². The number of ketones is 1. The molecule has 7 unspecified atom stereocenters. The number of halogens is 1. The molecule has 4 saturated carbocycles. The Labute approximate surface area is 183 Å². The molecule has 1 saturated heterocycles. The molecule has 0 aromatic heterocycles. The first-order valence-electron chi connectivity index (χ1n) is 12.0. The first kappa shape index (κ1) is 22.2. The fourth-order valence-electron chi connectivity index (χ4n) is 9.06. The molecule has 1 heterocycles. The molecule has 176 valence electrons. The lowest BCUT2D eigenvalue weighted by atomic mass is 9.41. The summed E-state index contributed by atoms with van der Waals surface area (Å²) in [5, 5.41) is 39.7. The van der Waals surface area contributed by atoms with Crippen molar-refractivity contribution in [3.63, 3.8) is 0 Å². The number of aliphatic hydroxyl groups is 4. The summed E-state index contributed by atoms with van der Waals surface area (Å²) >= 11 is 0. The largest absolute Gasteiger partial charge is 0.394 e. The molecule has 4 aliphatic carbocycles. The van der Waals surface area contributed by atoms with Gasteiger partial charge in [0.2, 0.25) is 0 Å². The summed E-state index contributed by atoms with van der Waals surface area (Å²) < 4.78 is 22.3. The number of ether oxygens (including phenoxy) is 1.